The third-order valence-electron chi connectivity index (χ3n) is 3.78. The molecule has 0 aliphatic carbocycles. The van der Waals surface area contributed by atoms with Gasteiger partial charge in [-0.1, -0.05) is 24.3 Å². The lowest BCUT2D eigenvalue weighted by Crippen LogP contribution is -2.13. The molecule has 0 aliphatic rings. The molecule has 2 aromatic carbocycles. The SMILES string of the molecule is Cc1cccc(C(=O)Nc2cccc(-c3ccn[nH]3)c2)c1C. The zero-order valence-corrected chi connectivity index (χ0v) is 12.6. The highest BCUT2D eigenvalue weighted by Crippen LogP contribution is 2.21. The maximum absolute atomic E-state index is 12.5. The summed E-state index contributed by atoms with van der Waals surface area (Å²) in [7, 11) is 0. The molecule has 0 bridgehead atoms. The molecular weight excluding hydrogens is 274 g/mol. The van der Waals surface area contributed by atoms with Gasteiger partial charge in [0, 0.05) is 23.0 Å². The number of rotatable bonds is 3. The van der Waals surface area contributed by atoms with Gasteiger partial charge in [-0.2, -0.15) is 5.10 Å². The van der Waals surface area contributed by atoms with Gasteiger partial charge < -0.3 is 5.32 Å². The summed E-state index contributed by atoms with van der Waals surface area (Å²) >= 11 is 0. The maximum Gasteiger partial charge on any atom is 0.255 e. The van der Waals surface area contributed by atoms with Crippen LogP contribution in [0.2, 0.25) is 0 Å². The van der Waals surface area contributed by atoms with Gasteiger partial charge in [0.2, 0.25) is 0 Å². The first-order valence-electron chi connectivity index (χ1n) is 7.12. The number of anilines is 1. The van der Waals surface area contributed by atoms with Crippen LogP contribution >= 0.6 is 0 Å². The molecule has 4 heteroatoms. The predicted molar refractivity (Wildman–Crippen MR) is 87.9 cm³/mol. The van der Waals surface area contributed by atoms with Gasteiger partial charge in [0.05, 0.1) is 5.69 Å². The normalized spacial score (nSPS) is 10.5. The summed E-state index contributed by atoms with van der Waals surface area (Å²) < 4.78 is 0. The zero-order chi connectivity index (χ0) is 15.5. The van der Waals surface area contributed by atoms with Crippen molar-refractivity contribution in [1.82, 2.24) is 10.2 Å². The largest absolute Gasteiger partial charge is 0.322 e. The van der Waals surface area contributed by atoms with Crippen molar-refractivity contribution in [1.29, 1.82) is 0 Å². The number of aromatic nitrogens is 2. The molecule has 3 aromatic rings. The Labute approximate surface area is 129 Å². The van der Waals surface area contributed by atoms with Crippen molar-refractivity contribution in [3.05, 3.63) is 71.4 Å². The van der Waals surface area contributed by atoms with E-state index in [1.54, 1.807) is 6.20 Å². The van der Waals surface area contributed by atoms with E-state index in [4.69, 9.17) is 0 Å². The fraction of sp³-hybridized carbons (Fsp3) is 0.111. The summed E-state index contributed by atoms with van der Waals surface area (Å²) in [5.41, 5.74) is 5.48. The molecule has 3 rings (SSSR count). The average Bonchev–Trinajstić information content (AvgIpc) is 3.04. The van der Waals surface area contributed by atoms with Crippen LogP contribution in [0.5, 0.6) is 0 Å². The van der Waals surface area contributed by atoms with Crippen LogP contribution in [0.15, 0.2) is 54.7 Å². The molecule has 0 radical (unpaired) electrons. The standard InChI is InChI=1S/C18H17N3O/c1-12-5-3-8-16(13(12)2)18(22)20-15-7-4-6-14(11-15)17-9-10-19-21-17/h3-11H,1-2H3,(H,19,21)(H,20,22). The highest BCUT2D eigenvalue weighted by molar-refractivity contribution is 6.05. The number of H-pyrrole nitrogens is 1. The molecule has 4 nitrogen and oxygen atoms in total. The Morgan fingerprint density at radius 1 is 1.09 bits per heavy atom. The first-order valence-corrected chi connectivity index (χ1v) is 7.12. The summed E-state index contributed by atoms with van der Waals surface area (Å²) in [6.45, 7) is 3.97. The number of carbonyl (C=O) groups excluding carboxylic acids is 1. The van der Waals surface area contributed by atoms with Crippen LogP contribution in [0.4, 0.5) is 5.69 Å². The van der Waals surface area contributed by atoms with Gasteiger partial charge in [-0.15, -0.1) is 0 Å². The van der Waals surface area contributed by atoms with Crippen molar-refractivity contribution in [2.45, 2.75) is 13.8 Å². The molecule has 0 atom stereocenters. The van der Waals surface area contributed by atoms with E-state index in [1.165, 1.54) is 0 Å². The van der Waals surface area contributed by atoms with E-state index in [2.05, 4.69) is 15.5 Å². The molecule has 0 aliphatic heterocycles. The number of carbonyl (C=O) groups is 1. The van der Waals surface area contributed by atoms with E-state index in [0.29, 0.717) is 5.56 Å². The lowest BCUT2D eigenvalue weighted by Gasteiger charge is -2.10. The average molecular weight is 291 g/mol. The van der Waals surface area contributed by atoms with Crippen LogP contribution in [0.25, 0.3) is 11.3 Å². The Bertz CT molecular complexity index is 807. The highest BCUT2D eigenvalue weighted by Gasteiger charge is 2.10. The third kappa shape index (κ3) is 2.76. The van der Waals surface area contributed by atoms with Crippen LogP contribution in [-0.4, -0.2) is 16.1 Å². The molecule has 0 unspecified atom stereocenters. The molecule has 2 N–H and O–H groups in total. The molecule has 22 heavy (non-hydrogen) atoms. The molecule has 0 spiro atoms. The van der Waals surface area contributed by atoms with Gasteiger partial charge >= 0.3 is 0 Å². The van der Waals surface area contributed by atoms with Crippen molar-refractivity contribution < 1.29 is 4.79 Å². The molecule has 0 saturated carbocycles. The van der Waals surface area contributed by atoms with Crippen LogP contribution in [0.1, 0.15) is 21.5 Å². The van der Waals surface area contributed by atoms with Crippen LogP contribution < -0.4 is 5.32 Å². The lowest BCUT2D eigenvalue weighted by molar-refractivity contribution is 0.102. The topological polar surface area (TPSA) is 57.8 Å². The van der Waals surface area contributed by atoms with Crippen molar-refractivity contribution in [2.24, 2.45) is 0 Å². The smallest absolute Gasteiger partial charge is 0.255 e. The Morgan fingerprint density at radius 3 is 2.68 bits per heavy atom. The van der Waals surface area contributed by atoms with Gasteiger partial charge in [-0.25, -0.2) is 0 Å². The number of benzene rings is 2. The summed E-state index contributed by atoms with van der Waals surface area (Å²) in [6.07, 6.45) is 1.71. The van der Waals surface area contributed by atoms with Crippen molar-refractivity contribution >= 4 is 11.6 Å². The van der Waals surface area contributed by atoms with E-state index < -0.39 is 0 Å². The minimum absolute atomic E-state index is 0.0945. The monoisotopic (exact) mass is 291 g/mol. The zero-order valence-electron chi connectivity index (χ0n) is 12.6. The van der Waals surface area contributed by atoms with Gasteiger partial charge in [0.25, 0.3) is 5.91 Å². The number of hydrogen-bond donors (Lipinski definition) is 2. The van der Waals surface area contributed by atoms with Crippen LogP contribution in [-0.2, 0) is 0 Å². The molecule has 0 fully saturated rings. The molecular formula is C18H17N3O. The van der Waals surface area contributed by atoms with Crippen molar-refractivity contribution in [3.8, 4) is 11.3 Å². The molecule has 1 aromatic heterocycles. The van der Waals surface area contributed by atoms with Crippen LogP contribution in [0.3, 0.4) is 0 Å². The summed E-state index contributed by atoms with van der Waals surface area (Å²) in [6, 6.07) is 15.3. The summed E-state index contributed by atoms with van der Waals surface area (Å²) in [5.74, 6) is -0.0945. The van der Waals surface area contributed by atoms with Crippen molar-refractivity contribution in [2.75, 3.05) is 5.32 Å². The number of amides is 1. The molecule has 0 saturated heterocycles. The third-order valence-corrected chi connectivity index (χ3v) is 3.78. The number of hydrogen-bond acceptors (Lipinski definition) is 2. The summed E-state index contributed by atoms with van der Waals surface area (Å²) in [4.78, 5) is 12.5. The lowest BCUT2D eigenvalue weighted by atomic mass is 10.0. The van der Waals surface area contributed by atoms with Gasteiger partial charge in [-0.3, -0.25) is 9.89 Å². The fourth-order valence-electron chi connectivity index (χ4n) is 2.38. The first-order chi connectivity index (χ1) is 10.6. The number of nitrogens with one attached hydrogen (secondary N) is 2. The predicted octanol–water partition coefficient (Wildman–Crippen LogP) is 3.95. The maximum atomic E-state index is 12.5. The van der Waals surface area contributed by atoms with E-state index in [-0.39, 0.29) is 5.91 Å². The Balaban J connectivity index is 1.86. The van der Waals surface area contributed by atoms with E-state index in [0.717, 1.165) is 28.1 Å². The first kappa shape index (κ1) is 14.1. The quantitative estimate of drug-likeness (QED) is 0.767. The minimum Gasteiger partial charge on any atom is -0.322 e. The highest BCUT2D eigenvalue weighted by atomic mass is 16.1. The number of nitrogens with zero attached hydrogens (tertiary/aromatic N) is 1. The van der Waals surface area contributed by atoms with E-state index in [1.807, 2.05) is 62.4 Å². The Hall–Kier alpha value is -2.88. The van der Waals surface area contributed by atoms with E-state index in [9.17, 15) is 4.79 Å². The van der Waals surface area contributed by atoms with Crippen molar-refractivity contribution in [3.63, 3.8) is 0 Å². The van der Waals surface area contributed by atoms with E-state index >= 15 is 0 Å². The fourth-order valence-corrected chi connectivity index (χ4v) is 2.38. The summed E-state index contributed by atoms with van der Waals surface area (Å²) in [5, 5.41) is 9.82. The minimum atomic E-state index is -0.0945. The van der Waals surface area contributed by atoms with Gasteiger partial charge in [0.15, 0.2) is 0 Å². The second kappa shape index (κ2) is 5.85. The number of aromatic amines is 1. The Kier molecular flexibility index (Phi) is 3.74. The molecule has 1 amide bonds. The van der Waals surface area contributed by atoms with Crippen LogP contribution in [0, 0.1) is 13.8 Å². The second-order valence-corrected chi connectivity index (χ2v) is 5.25. The number of aryl methyl sites for hydroxylation is 1. The molecule has 110 valence electrons. The molecule has 1 heterocycles. The van der Waals surface area contributed by atoms with Gasteiger partial charge in [-0.05, 0) is 49.2 Å². The van der Waals surface area contributed by atoms with Gasteiger partial charge in [0.1, 0.15) is 0 Å². The Morgan fingerprint density at radius 2 is 1.91 bits per heavy atom. The second-order valence-electron chi connectivity index (χ2n) is 5.25.